The predicted octanol–water partition coefficient (Wildman–Crippen LogP) is -0.118. The van der Waals surface area contributed by atoms with E-state index in [0.717, 1.165) is 0 Å². The van der Waals surface area contributed by atoms with E-state index in [9.17, 15) is 13.2 Å². The van der Waals surface area contributed by atoms with Gasteiger partial charge in [-0.25, -0.2) is 0 Å². The summed E-state index contributed by atoms with van der Waals surface area (Å²) >= 11 is 0. The van der Waals surface area contributed by atoms with E-state index in [4.69, 9.17) is 4.74 Å². The van der Waals surface area contributed by atoms with Gasteiger partial charge < -0.3 is 9.47 Å². The van der Waals surface area contributed by atoms with E-state index in [1.165, 1.54) is 25.3 Å². The number of hydrogen-bond acceptors (Lipinski definition) is 5. The molecule has 0 aromatic rings. The molecule has 0 aromatic heterocycles. The number of carbonyl (C=O) groups is 1. The molecule has 1 rings (SSSR count). The largest absolute Gasteiger partial charge is 0.468 e. The zero-order valence-electron chi connectivity index (χ0n) is 12.0. The first-order valence-corrected chi connectivity index (χ1v) is 7.55. The molecule has 1 heterocycles. The highest BCUT2D eigenvalue weighted by atomic mass is 32.2. The SMILES string of the molecule is COC(=O)C(C)(C)NS(=O)(=O)N1CC(C)OC(C)C1. The van der Waals surface area contributed by atoms with Crippen molar-refractivity contribution in [2.45, 2.75) is 45.4 Å². The highest BCUT2D eigenvalue weighted by Crippen LogP contribution is 2.16. The fraction of sp³-hybridized carbons (Fsp3) is 0.909. The number of ether oxygens (including phenoxy) is 2. The van der Waals surface area contributed by atoms with Gasteiger partial charge in [0, 0.05) is 13.1 Å². The second-order valence-electron chi connectivity index (χ2n) is 5.30. The lowest BCUT2D eigenvalue weighted by Crippen LogP contribution is -2.58. The fourth-order valence-electron chi connectivity index (χ4n) is 2.01. The Hall–Kier alpha value is -0.700. The van der Waals surface area contributed by atoms with E-state index in [-0.39, 0.29) is 25.3 Å². The smallest absolute Gasteiger partial charge is 0.326 e. The van der Waals surface area contributed by atoms with Crippen LogP contribution >= 0.6 is 0 Å². The van der Waals surface area contributed by atoms with Gasteiger partial charge in [-0.05, 0) is 27.7 Å². The van der Waals surface area contributed by atoms with Gasteiger partial charge >= 0.3 is 5.97 Å². The Morgan fingerprint density at radius 1 is 1.32 bits per heavy atom. The van der Waals surface area contributed by atoms with Crippen molar-refractivity contribution in [3.8, 4) is 0 Å². The van der Waals surface area contributed by atoms with E-state index in [1.807, 2.05) is 13.8 Å². The maximum Gasteiger partial charge on any atom is 0.326 e. The number of morpholine rings is 1. The average Bonchev–Trinajstić information content (AvgIpc) is 2.25. The molecule has 1 fully saturated rings. The highest BCUT2D eigenvalue weighted by Gasteiger charge is 2.38. The lowest BCUT2D eigenvalue weighted by Gasteiger charge is -2.36. The van der Waals surface area contributed by atoms with Crippen LogP contribution in [0.4, 0.5) is 0 Å². The van der Waals surface area contributed by atoms with Crippen LogP contribution < -0.4 is 4.72 Å². The monoisotopic (exact) mass is 294 g/mol. The Labute approximate surface area is 114 Å². The molecule has 0 amide bonds. The maximum absolute atomic E-state index is 12.3. The molecule has 8 heteroatoms. The third kappa shape index (κ3) is 4.13. The van der Waals surface area contributed by atoms with Gasteiger partial charge in [0.2, 0.25) is 0 Å². The number of carbonyl (C=O) groups excluding carboxylic acids is 1. The van der Waals surface area contributed by atoms with Crippen molar-refractivity contribution < 1.29 is 22.7 Å². The lowest BCUT2D eigenvalue weighted by molar-refractivity contribution is -0.146. The number of nitrogens with zero attached hydrogens (tertiary/aromatic N) is 1. The fourth-order valence-corrected chi connectivity index (χ4v) is 3.68. The van der Waals surface area contributed by atoms with E-state index >= 15 is 0 Å². The Balaban J connectivity index is 2.84. The summed E-state index contributed by atoms with van der Waals surface area (Å²) in [6.45, 7) is 7.06. The molecule has 0 bridgehead atoms. The molecule has 0 aromatic carbocycles. The summed E-state index contributed by atoms with van der Waals surface area (Å²) < 4.78 is 38.2. The zero-order chi connectivity index (χ0) is 14.8. The van der Waals surface area contributed by atoms with Crippen LogP contribution in [0, 0.1) is 0 Å². The van der Waals surface area contributed by atoms with Crippen molar-refractivity contribution in [1.82, 2.24) is 9.03 Å². The summed E-state index contributed by atoms with van der Waals surface area (Å²) in [5.74, 6) is -0.634. The molecule has 1 N–H and O–H groups in total. The van der Waals surface area contributed by atoms with Gasteiger partial charge in [-0.15, -0.1) is 0 Å². The second-order valence-corrected chi connectivity index (χ2v) is 6.97. The first kappa shape index (κ1) is 16.4. The predicted molar refractivity (Wildman–Crippen MR) is 69.7 cm³/mol. The number of nitrogens with one attached hydrogen (secondary N) is 1. The van der Waals surface area contributed by atoms with Gasteiger partial charge in [0.25, 0.3) is 10.2 Å². The summed E-state index contributed by atoms with van der Waals surface area (Å²) in [5, 5.41) is 0. The number of rotatable bonds is 4. The Bertz CT molecular complexity index is 424. The van der Waals surface area contributed by atoms with Gasteiger partial charge in [0.1, 0.15) is 5.54 Å². The molecule has 1 aliphatic rings. The second kappa shape index (κ2) is 5.74. The Kier molecular flexibility index (Phi) is 4.94. The molecule has 1 aliphatic heterocycles. The minimum atomic E-state index is -3.76. The Morgan fingerprint density at radius 3 is 2.21 bits per heavy atom. The third-order valence-corrected chi connectivity index (χ3v) is 4.55. The van der Waals surface area contributed by atoms with Crippen LogP contribution in [-0.2, 0) is 24.5 Å². The van der Waals surface area contributed by atoms with Gasteiger partial charge in [-0.2, -0.15) is 17.4 Å². The molecule has 0 saturated carbocycles. The summed E-state index contributed by atoms with van der Waals surface area (Å²) in [7, 11) is -2.54. The molecule has 7 nitrogen and oxygen atoms in total. The maximum atomic E-state index is 12.3. The first-order valence-electron chi connectivity index (χ1n) is 6.11. The minimum Gasteiger partial charge on any atom is -0.468 e. The van der Waals surface area contributed by atoms with Crippen LogP contribution in [0.2, 0.25) is 0 Å². The van der Waals surface area contributed by atoms with Crippen molar-refractivity contribution in [3.63, 3.8) is 0 Å². The van der Waals surface area contributed by atoms with Crippen molar-refractivity contribution in [2.24, 2.45) is 0 Å². The van der Waals surface area contributed by atoms with Crippen LogP contribution in [0.3, 0.4) is 0 Å². The molecular formula is C11H22N2O5S. The molecular weight excluding hydrogens is 272 g/mol. The normalized spacial score (nSPS) is 26.2. The number of esters is 1. The van der Waals surface area contributed by atoms with Crippen molar-refractivity contribution >= 4 is 16.2 Å². The third-order valence-electron chi connectivity index (χ3n) is 2.81. The van der Waals surface area contributed by atoms with Gasteiger partial charge in [0.05, 0.1) is 19.3 Å². The summed E-state index contributed by atoms with van der Waals surface area (Å²) in [4.78, 5) is 11.5. The van der Waals surface area contributed by atoms with Gasteiger partial charge in [-0.1, -0.05) is 0 Å². The van der Waals surface area contributed by atoms with Crippen molar-refractivity contribution in [3.05, 3.63) is 0 Å². The van der Waals surface area contributed by atoms with Crippen molar-refractivity contribution in [1.29, 1.82) is 0 Å². The molecule has 0 radical (unpaired) electrons. The quantitative estimate of drug-likeness (QED) is 0.731. The first-order chi connectivity index (χ1) is 8.58. The molecule has 2 unspecified atom stereocenters. The van der Waals surface area contributed by atoms with Crippen LogP contribution in [0.25, 0.3) is 0 Å². The average molecular weight is 294 g/mol. The van der Waals surface area contributed by atoms with Crippen molar-refractivity contribution in [2.75, 3.05) is 20.2 Å². The lowest BCUT2D eigenvalue weighted by atomic mass is 10.1. The molecule has 0 aliphatic carbocycles. The van der Waals surface area contributed by atoms with Gasteiger partial charge in [0.15, 0.2) is 0 Å². The van der Waals surface area contributed by atoms with E-state index in [1.54, 1.807) is 0 Å². The molecule has 0 spiro atoms. The standard InChI is InChI=1S/C11H22N2O5S/c1-8-6-13(7-9(2)18-8)19(15,16)12-11(3,4)10(14)17-5/h8-9,12H,6-7H2,1-5H3. The molecule has 1 saturated heterocycles. The highest BCUT2D eigenvalue weighted by molar-refractivity contribution is 7.87. The summed E-state index contributed by atoms with van der Waals surface area (Å²) in [6, 6.07) is 0. The summed E-state index contributed by atoms with van der Waals surface area (Å²) in [5.41, 5.74) is -1.31. The molecule has 19 heavy (non-hydrogen) atoms. The topological polar surface area (TPSA) is 84.9 Å². The van der Waals surface area contributed by atoms with E-state index < -0.39 is 21.7 Å². The van der Waals surface area contributed by atoms with E-state index in [2.05, 4.69) is 9.46 Å². The van der Waals surface area contributed by atoms with Gasteiger partial charge in [-0.3, -0.25) is 4.79 Å². The van der Waals surface area contributed by atoms with Crippen LogP contribution in [0.5, 0.6) is 0 Å². The van der Waals surface area contributed by atoms with Crippen LogP contribution in [-0.4, -0.2) is 56.6 Å². The van der Waals surface area contributed by atoms with Crippen LogP contribution in [0.1, 0.15) is 27.7 Å². The van der Waals surface area contributed by atoms with E-state index in [0.29, 0.717) is 0 Å². The van der Waals surface area contributed by atoms with Crippen LogP contribution in [0.15, 0.2) is 0 Å². The summed E-state index contributed by atoms with van der Waals surface area (Å²) in [6.07, 6.45) is -0.358. The molecule has 112 valence electrons. The zero-order valence-corrected chi connectivity index (χ0v) is 12.8. The number of hydrogen-bond donors (Lipinski definition) is 1. The number of methoxy groups -OCH3 is 1. The molecule has 2 atom stereocenters. The minimum absolute atomic E-state index is 0.179. The Morgan fingerprint density at radius 2 is 1.79 bits per heavy atom.